The number of aryl methyl sites for hydroxylation is 1. The molecule has 1 aromatic heterocycles. The molecule has 2 unspecified atom stereocenters. The molecule has 0 spiro atoms. The van der Waals surface area contributed by atoms with Gasteiger partial charge in [0.1, 0.15) is 0 Å². The fourth-order valence-electron chi connectivity index (χ4n) is 3.97. The number of amides is 1. The van der Waals surface area contributed by atoms with Crippen LogP contribution in [0.3, 0.4) is 0 Å². The summed E-state index contributed by atoms with van der Waals surface area (Å²) < 4.78 is 1.73. The van der Waals surface area contributed by atoms with Crippen LogP contribution in [0.1, 0.15) is 32.1 Å². The van der Waals surface area contributed by atoms with Crippen LogP contribution in [0.2, 0.25) is 0 Å². The summed E-state index contributed by atoms with van der Waals surface area (Å²) in [6.45, 7) is 0. The molecule has 110 valence electrons. The molecule has 2 N–H and O–H groups in total. The molecule has 0 radical (unpaired) electrons. The van der Waals surface area contributed by atoms with Crippen molar-refractivity contribution in [3.63, 3.8) is 0 Å². The number of anilines is 1. The lowest BCUT2D eigenvalue weighted by Crippen LogP contribution is -2.49. The molecule has 0 saturated heterocycles. The third-order valence-electron chi connectivity index (χ3n) is 5.17. The molecule has 5 nitrogen and oxygen atoms in total. The van der Waals surface area contributed by atoms with Crippen LogP contribution in [-0.4, -0.2) is 28.8 Å². The van der Waals surface area contributed by atoms with E-state index in [1.54, 1.807) is 15.8 Å². The van der Waals surface area contributed by atoms with E-state index in [4.69, 9.17) is 5.73 Å². The lowest BCUT2D eigenvalue weighted by molar-refractivity contribution is -0.124. The number of carbonyl (C=O) groups excluding carboxylic acids is 1. The van der Waals surface area contributed by atoms with Gasteiger partial charge in [0.15, 0.2) is 0 Å². The molecule has 3 rings (SSSR count). The Labute approximate surface area is 120 Å². The maximum atomic E-state index is 12.7. The van der Waals surface area contributed by atoms with Crippen molar-refractivity contribution in [1.29, 1.82) is 0 Å². The van der Waals surface area contributed by atoms with Crippen molar-refractivity contribution in [2.45, 2.75) is 38.1 Å². The summed E-state index contributed by atoms with van der Waals surface area (Å²) in [7, 11) is 3.72. The van der Waals surface area contributed by atoms with Crippen LogP contribution in [0.5, 0.6) is 0 Å². The van der Waals surface area contributed by atoms with Crippen molar-refractivity contribution in [2.24, 2.45) is 30.5 Å². The third-order valence-corrected chi connectivity index (χ3v) is 5.17. The molecular weight excluding hydrogens is 252 g/mol. The summed E-state index contributed by atoms with van der Waals surface area (Å²) in [6.07, 6.45) is 9.21. The van der Waals surface area contributed by atoms with Crippen LogP contribution in [0.25, 0.3) is 0 Å². The van der Waals surface area contributed by atoms with Crippen LogP contribution in [0.4, 0.5) is 5.69 Å². The number of fused-ring (bicyclic) bond motifs is 2. The van der Waals surface area contributed by atoms with Gasteiger partial charge in [-0.25, -0.2) is 0 Å². The van der Waals surface area contributed by atoms with Gasteiger partial charge in [-0.2, -0.15) is 5.10 Å². The summed E-state index contributed by atoms with van der Waals surface area (Å²) in [4.78, 5) is 14.4. The number of nitrogens with two attached hydrogens (primary N) is 1. The van der Waals surface area contributed by atoms with Crippen molar-refractivity contribution >= 4 is 11.6 Å². The number of hydrogen-bond acceptors (Lipinski definition) is 3. The summed E-state index contributed by atoms with van der Waals surface area (Å²) in [6, 6.07) is 0.316. The third kappa shape index (κ3) is 2.35. The quantitative estimate of drug-likeness (QED) is 0.891. The van der Waals surface area contributed by atoms with Gasteiger partial charge in [0.2, 0.25) is 5.91 Å². The van der Waals surface area contributed by atoms with E-state index in [0.717, 1.165) is 18.5 Å². The minimum atomic E-state index is 0.135. The van der Waals surface area contributed by atoms with E-state index >= 15 is 0 Å². The maximum Gasteiger partial charge on any atom is 0.229 e. The zero-order valence-electron chi connectivity index (χ0n) is 12.3. The zero-order chi connectivity index (χ0) is 14.3. The minimum absolute atomic E-state index is 0.135. The Morgan fingerprint density at radius 3 is 2.60 bits per heavy atom. The lowest BCUT2D eigenvalue weighted by Gasteiger charge is -2.44. The average Bonchev–Trinajstić information content (AvgIpc) is 2.83. The molecule has 0 aliphatic heterocycles. The summed E-state index contributed by atoms with van der Waals surface area (Å²) in [5, 5.41) is 4.14. The van der Waals surface area contributed by atoms with Crippen LogP contribution in [-0.2, 0) is 11.8 Å². The van der Waals surface area contributed by atoms with Gasteiger partial charge in [-0.1, -0.05) is 6.42 Å². The van der Waals surface area contributed by atoms with Gasteiger partial charge in [0.25, 0.3) is 0 Å². The van der Waals surface area contributed by atoms with Gasteiger partial charge < -0.3 is 10.6 Å². The van der Waals surface area contributed by atoms with Crippen molar-refractivity contribution < 1.29 is 4.79 Å². The van der Waals surface area contributed by atoms with Crippen molar-refractivity contribution in [3.05, 3.63) is 12.4 Å². The SMILES string of the molecule is CN(C(=O)C1CC2CCCC(C1)C2N)c1cnn(C)c1. The van der Waals surface area contributed by atoms with Gasteiger partial charge >= 0.3 is 0 Å². The second kappa shape index (κ2) is 5.20. The molecule has 2 bridgehead atoms. The van der Waals surface area contributed by atoms with Gasteiger partial charge in [-0.15, -0.1) is 0 Å². The Morgan fingerprint density at radius 1 is 1.40 bits per heavy atom. The highest BCUT2D eigenvalue weighted by atomic mass is 16.2. The summed E-state index contributed by atoms with van der Waals surface area (Å²) in [5.41, 5.74) is 7.17. The van der Waals surface area contributed by atoms with Crippen LogP contribution in [0.15, 0.2) is 12.4 Å². The molecular formula is C15H24N4O. The molecule has 1 aromatic rings. The lowest BCUT2D eigenvalue weighted by atomic mass is 9.65. The van der Waals surface area contributed by atoms with Gasteiger partial charge in [0.05, 0.1) is 11.9 Å². The summed E-state index contributed by atoms with van der Waals surface area (Å²) in [5.74, 6) is 1.44. The Morgan fingerprint density at radius 2 is 2.05 bits per heavy atom. The number of aromatic nitrogens is 2. The average molecular weight is 276 g/mol. The molecule has 5 heteroatoms. The molecule has 0 aromatic carbocycles. The molecule has 20 heavy (non-hydrogen) atoms. The maximum absolute atomic E-state index is 12.7. The fourth-order valence-corrected chi connectivity index (χ4v) is 3.97. The first kappa shape index (κ1) is 13.6. The number of hydrogen-bond donors (Lipinski definition) is 1. The van der Waals surface area contributed by atoms with E-state index in [9.17, 15) is 4.79 Å². The smallest absolute Gasteiger partial charge is 0.229 e. The second-order valence-electron chi connectivity index (χ2n) is 6.47. The van der Waals surface area contributed by atoms with Crippen molar-refractivity contribution in [1.82, 2.24) is 9.78 Å². The van der Waals surface area contributed by atoms with Crippen molar-refractivity contribution in [3.8, 4) is 0 Å². The van der Waals surface area contributed by atoms with Gasteiger partial charge in [0, 0.05) is 32.3 Å². The molecule has 1 amide bonds. The molecule has 2 aliphatic rings. The van der Waals surface area contributed by atoms with E-state index in [1.807, 2.05) is 20.3 Å². The Balaban J connectivity index is 1.71. The Kier molecular flexibility index (Phi) is 3.54. The minimum Gasteiger partial charge on any atom is -0.327 e. The van der Waals surface area contributed by atoms with Gasteiger partial charge in [-0.3, -0.25) is 9.48 Å². The highest BCUT2D eigenvalue weighted by molar-refractivity contribution is 5.94. The van der Waals surface area contributed by atoms with Crippen LogP contribution in [0, 0.1) is 17.8 Å². The number of rotatable bonds is 2. The highest BCUT2D eigenvalue weighted by Crippen LogP contribution is 2.42. The highest BCUT2D eigenvalue weighted by Gasteiger charge is 2.41. The van der Waals surface area contributed by atoms with E-state index in [1.165, 1.54) is 19.3 Å². The van der Waals surface area contributed by atoms with E-state index in [0.29, 0.717) is 17.9 Å². The zero-order valence-corrected chi connectivity index (χ0v) is 12.3. The fraction of sp³-hybridized carbons (Fsp3) is 0.733. The van der Waals surface area contributed by atoms with Crippen LogP contribution >= 0.6 is 0 Å². The predicted molar refractivity (Wildman–Crippen MR) is 78.1 cm³/mol. The van der Waals surface area contributed by atoms with E-state index < -0.39 is 0 Å². The first-order chi connectivity index (χ1) is 9.56. The molecule has 2 fully saturated rings. The van der Waals surface area contributed by atoms with E-state index in [-0.39, 0.29) is 11.8 Å². The largest absolute Gasteiger partial charge is 0.327 e. The van der Waals surface area contributed by atoms with E-state index in [2.05, 4.69) is 5.10 Å². The predicted octanol–water partition coefficient (Wildman–Crippen LogP) is 1.54. The second-order valence-corrected chi connectivity index (χ2v) is 6.47. The standard InChI is InChI=1S/C15H24N4O/c1-18-9-13(8-17-18)19(2)15(20)12-6-10-4-3-5-11(7-12)14(10)16/h8-12,14H,3-7,16H2,1-2H3. The summed E-state index contributed by atoms with van der Waals surface area (Å²) >= 11 is 0. The number of carbonyl (C=O) groups is 1. The van der Waals surface area contributed by atoms with Crippen molar-refractivity contribution in [2.75, 3.05) is 11.9 Å². The number of nitrogens with zero attached hydrogens (tertiary/aromatic N) is 3. The first-order valence-electron chi connectivity index (χ1n) is 7.58. The van der Waals surface area contributed by atoms with Crippen LogP contribution < -0.4 is 10.6 Å². The molecule has 2 atom stereocenters. The first-order valence-corrected chi connectivity index (χ1v) is 7.58. The Bertz CT molecular complexity index is 484. The Hall–Kier alpha value is -1.36. The topological polar surface area (TPSA) is 64.2 Å². The monoisotopic (exact) mass is 276 g/mol. The normalized spacial score (nSPS) is 33.0. The molecule has 2 saturated carbocycles. The molecule has 1 heterocycles. The molecule has 2 aliphatic carbocycles. The van der Waals surface area contributed by atoms with Gasteiger partial charge in [-0.05, 0) is 37.5 Å².